The summed E-state index contributed by atoms with van der Waals surface area (Å²) in [6.07, 6.45) is 0.446. The molecule has 4 nitrogen and oxygen atoms in total. The molecule has 2 aromatic rings. The number of nitrogens with one attached hydrogen (secondary N) is 1. The molecule has 4 heteroatoms. The molecule has 0 aliphatic carbocycles. The van der Waals surface area contributed by atoms with Crippen molar-refractivity contribution in [3.05, 3.63) is 46.2 Å². The maximum absolute atomic E-state index is 11.9. The molecule has 1 aromatic heterocycles. The van der Waals surface area contributed by atoms with Crippen molar-refractivity contribution in [3.8, 4) is 0 Å². The molecule has 18 heavy (non-hydrogen) atoms. The maximum atomic E-state index is 11.9. The fraction of sp³-hybridized carbons (Fsp3) is 0.286. The summed E-state index contributed by atoms with van der Waals surface area (Å²) in [5.41, 5.74) is 1.29. The zero-order valence-electron chi connectivity index (χ0n) is 10.6. The summed E-state index contributed by atoms with van der Waals surface area (Å²) in [6, 6.07) is 9.45. The first-order chi connectivity index (χ1) is 8.61. The number of benzene rings is 1. The standard InChI is InChI=1S/C14H16N2O2/c1-3-13(17)16(2)9-11-8-10-6-4-5-7-12(10)15-14(11)18/h4-8H,3,9H2,1-2H3,(H,15,18). The molecule has 0 saturated carbocycles. The fourth-order valence-electron chi connectivity index (χ4n) is 1.92. The highest BCUT2D eigenvalue weighted by Crippen LogP contribution is 2.11. The van der Waals surface area contributed by atoms with Crippen LogP contribution in [0.3, 0.4) is 0 Å². The van der Waals surface area contributed by atoms with Gasteiger partial charge in [0.2, 0.25) is 5.91 Å². The first kappa shape index (κ1) is 12.4. The molecular formula is C14H16N2O2. The number of carbonyl (C=O) groups excluding carboxylic acids is 1. The van der Waals surface area contributed by atoms with E-state index >= 15 is 0 Å². The highest BCUT2D eigenvalue weighted by molar-refractivity contribution is 5.79. The zero-order valence-corrected chi connectivity index (χ0v) is 10.6. The van der Waals surface area contributed by atoms with Gasteiger partial charge >= 0.3 is 0 Å². The van der Waals surface area contributed by atoms with Gasteiger partial charge in [-0.15, -0.1) is 0 Å². The normalized spacial score (nSPS) is 10.6. The van der Waals surface area contributed by atoms with E-state index in [1.807, 2.05) is 37.3 Å². The van der Waals surface area contributed by atoms with Crippen LogP contribution in [-0.2, 0) is 11.3 Å². The molecule has 0 bridgehead atoms. The highest BCUT2D eigenvalue weighted by atomic mass is 16.2. The smallest absolute Gasteiger partial charge is 0.253 e. The van der Waals surface area contributed by atoms with Crippen molar-refractivity contribution in [3.63, 3.8) is 0 Å². The summed E-state index contributed by atoms with van der Waals surface area (Å²) >= 11 is 0. The second-order valence-corrected chi connectivity index (χ2v) is 4.31. The number of aromatic nitrogens is 1. The van der Waals surface area contributed by atoms with E-state index in [2.05, 4.69) is 4.98 Å². The van der Waals surface area contributed by atoms with Crippen molar-refractivity contribution in [2.24, 2.45) is 0 Å². The number of carbonyl (C=O) groups is 1. The predicted octanol–water partition coefficient (Wildman–Crippen LogP) is 1.90. The van der Waals surface area contributed by atoms with E-state index < -0.39 is 0 Å². The number of nitrogens with zero attached hydrogens (tertiary/aromatic N) is 1. The van der Waals surface area contributed by atoms with Gasteiger partial charge in [0.15, 0.2) is 0 Å². The second-order valence-electron chi connectivity index (χ2n) is 4.31. The van der Waals surface area contributed by atoms with E-state index in [1.165, 1.54) is 0 Å². The van der Waals surface area contributed by atoms with Crippen LogP contribution in [0.15, 0.2) is 35.1 Å². The van der Waals surface area contributed by atoms with Gasteiger partial charge in [0.05, 0.1) is 6.54 Å². The molecule has 94 valence electrons. The van der Waals surface area contributed by atoms with Gasteiger partial charge in [0.25, 0.3) is 5.56 Å². The molecule has 0 radical (unpaired) electrons. The Hall–Kier alpha value is -2.10. The molecule has 1 aromatic carbocycles. The number of fused-ring (bicyclic) bond motifs is 1. The van der Waals surface area contributed by atoms with E-state index in [-0.39, 0.29) is 11.5 Å². The molecule has 0 fully saturated rings. The monoisotopic (exact) mass is 244 g/mol. The molecule has 0 saturated heterocycles. The topological polar surface area (TPSA) is 53.2 Å². The Bertz CT molecular complexity index is 631. The van der Waals surface area contributed by atoms with Crippen LogP contribution in [0, 0.1) is 0 Å². The van der Waals surface area contributed by atoms with Crippen LogP contribution in [0.5, 0.6) is 0 Å². The van der Waals surface area contributed by atoms with Gasteiger partial charge in [-0.25, -0.2) is 0 Å². The maximum Gasteiger partial charge on any atom is 0.253 e. The Balaban J connectivity index is 2.36. The number of rotatable bonds is 3. The van der Waals surface area contributed by atoms with Crippen molar-refractivity contribution in [1.29, 1.82) is 0 Å². The molecule has 0 aliphatic heterocycles. The predicted molar refractivity (Wildman–Crippen MR) is 71.3 cm³/mol. The van der Waals surface area contributed by atoms with Gasteiger partial charge in [-0.05, 0) is 17.5 Å². The summed E-state index contributed by atoms with van der Waals surface area (Å²) in [6.45, 7) is 2.15. The Morgan fingerprint density at radius 3 is 2.78 bits per heavy atom. The average Bonchev–Trinajstić information content (AvgIpc) is 2.38. The van der Waals surface area contributed by atoms with Gasteiger partial charge in [0.1, 0.15) is 0 Å². The molecule has 2 rings (SSSR count). The number of aromatic amines is 1. The van der Waals surface area contributed by atoms with Crippen LogP contribution in [0.25, 0.3) is 10.9 Å². The minimum atomic E-state index is -0.135. The molecule has 1 N–H and O–H groups in total. The Labute approximate surface area is 105 Å². The lowest BCUT2D eigenvalue weighted by molar-refractivity contribution is -0.130. The van der Waals surface area contributed by atoms with Crippen molar-refractivity contribution < 1.29 is 4.79 Å². The highest BCUT2D eigenvalue weighted by Gasteiger charge is 2.09. The van der Waals surface area contributed by atoms with Crippen LogP contribution in [-0.4, -0.2) is 22.8 Å². The Morgan fingerprint density at radius 1 is 1.33 bits per heavy atom. The third-order valence-corrected chi connectivity index (χ3v) is 2.97. The summed E-state index contributed by atoms with van der Waals surface area (Å²) in [5.74, 6) is 0.0301. The lowest BCUT2D eigenvalue weighted by Crippen LogP contribution is -2.28. The first-order valence-corrected chi connectivity index (χ1v) is 5.96. The second kappa shape index (κ2) is 5.04. The van der Waals surface area contributed by atoms with E-state index in [4.69, 9.17) is 0 Å². The zero-order chi connectivity index (χ0) is 13.1. The number of H-pyrrole nitrogens is 1. The number of amides is 1. The number of para-hydroxylation sites is 1. The minimum absolute atomic E-state index is 0.0301. The summed E-state index contributed by atoms with van der Waals surface area (Å²) in [5, 5.41) is 0.976. The molecule has 0 spiro atoms. The quantitative estimate of drug-likeness (QED) is 0.896. The van der Waals surface area contributed by atoms with E-state index in [0.29, 0.717) is 18.5 Å². The van der Waals surface area contributed by atoms with Gasteiger partial charge in [-0.3, -0.25) is 9.59 Å². The van der Waals surface area contributed by atoms with Crippen LogP contribution < -0.4 is 5.56 Å². The van der Waals surface area contributed by atoms with Gasteiger partial charge in [0, 0.05) is 24.5 Å². The van der Waals surface area contributed by atoms with Gasteiger partial charge < -0.3 is 9.88 Å². The van der Waals surface area contributed by atoms with E-state index in [0.717, 1.165) is 10.9 Å². The fourth-order valence-corrected chi connectivity index (χ4v) is 1.92. The minimum Gasteiger partial charge on any atom is -0.341 e. The average molecular weight is 244 g/mol. The van der Waals surface area contributed by atoms with Crippen LogP contribution in [0.1, 0.15) is 18.9 Å². The van der Waals surface area contributed by atoms with Crippen LogP contribution >= 0.6 is 0 Å². The number of hydrogen-bond acceptors (Lipinski definition) is 2. The van der Waals surface area contributed by atoms with Crippen LogP contribution in [0.4, 0.5) is 0 Å². The summed E-state index contributed by atoms with van der Waals surface area (Å²) in [4.78, 5) is 27.8. The molecule has 1 amide bonds. The lowest BCUT2D eigenvalue weighted by atomic mass is 10.1. The van der Waals surface area contributed by atoms with Crippen LogP contribution in [0.2, 0.25) is 0 Å². The molecule has 0 unspecified atom stereocenters. The largest absolute Gasteiger partial charge is 0.341 e. The third kappa shape index (κ3) is 2.42. The van der Waals surface area contributed by atoms with E-state index in [9.17, 15) is 9.59 Å². The van der Waals surface area contributed by atoms with Crippen molar-refractivity contribution in [1.82, 2.24) is 9.88 Å². The Kier molecular flexibility index (Phi) is 3.46. The number of hydrogen-bond donors (Lipinski definition) is 1. The molecule has 0 aliphatic rings. The van der Waals surface area contributed by atoms with Crippen molar-refractivity contribution in [2.45, 2.75) is 19.9 Å². The number of pyridine rings is 1. The molecular weight excluding hydrogens is 228 g/mol. The van der Waals surface area contributed by atoms with E-state index in [1.54, 1.807) is 11.9 Å². The van der Waals surface area contributed by atoms with Gasteiger partial charge in [-0.2, -0.15) is 0 Å². The molecule has 1 heterocycles. The van der Waals surface area contributed by atoms with Crippen molar-refractivity contribution >= 4 is 16.8 Å². The molecule has 0 atom stereocenters. The Morgan fingerprint density at radius 2 is 2.06 bits per heavy atom. The van der Waals surface area contributed by atoms with Gasteiger partial charge in [-0.1, -0.05) is 25.1 Å². The summed E-state index contributed by atoms with van der Waals surface area (Å²) < 4.78 is 0. The third-order valence-electron chi connectivity index (χ3n) is 2.97. The SMILES string of the molecule is CCC(=O)N(C)Cc1cc2ccccc2[nH]c1=O. The summed E-state index contributed by atoms with van der Waals surface area (Å²) in [7, 11) is 1.71. The van der Waals surface area contributed by atoms with Crippen molar-refractivity contribution in [2.75, 3.05) is 7.05 Å². The lowest BCUT2D eigenvalue weighted by Gasteiger charge is -2.15. The first-order valence-electron chi connectivity index (χ1n) is 5.96.